The molecule has 0 aromatic carbocycles. The minimum Gasteiger partial charge on any atom is -0.481 e. The number of carboxylic acid groups (broad SMARTS) is 1. The Morgan fingerprint density at radius 1 is 1.24 bits per heavy atom. The predicted molar refractivity (Wildman–Crippen MR) is 81.0 cm³/mol. The molecule has 2 rings (SSSR count). The highest BCUT2D eigenvalue weighted by Gasteiger charge is 2.43. The first kappa shape index (κ1) is 16.3. The third-order valence-corrected chi connectivity index (χ3v) is 5.15. The fourth-order valence-corrected chi connectivity index (χ4v) is 3.61. The lowest BCUT2D eigenvalue weighted by atomic mass is 9.84. The van der Waals surface area contributed by atoms with Crippen LogP contribution in [0.3, 0.4) is 0 Å². The van der Waals surface area contributed by atoms with Crippen molar-refractivity contribution in [2.45, 2.75) is 64.3 Å². The molecular formula is C16H28N2O3. The molecule has 0 aromatic heterocycles. The summed E-state index contributed by atoms with van der Waals surface area (Å²) in [6, 6.07) is 0.318. The summed E-state index contributed by atoms with van der Waals surface area (Å²) < 4.78 is 0. The van der Waals surface area contributed by atoms with Gasteiger partial charge < -0.3 is 10.4 Å². The maximum atomic E-state index is 12.1. The van der Waals surface area contributed by atoms with Crippen LogP contribution in [0.5, 0.6) is 0 Å². The molecule has 5 nitrogen and oxygen atoms in total. The molecule has 0 bridgehead atoms. The van der Waals surface area contributed by atoms with Crippen LogP contribution in [0.4, 0.5) is 0 Å². The molecule has 2 N–H and O–H groups in total. The van der Waals surface area contributed by atoms with E-state index in [-0.39, 0.29) is 5.91 Å². The monoisotopic (exact) mass is 296 g/mol. The number of hydrogen-bond acceptors (Lipinski definition) is 3. The van der Waals surface area contributed by atoms with Crippen LogP contribution in [-0.4, -0.2) is 47.6 Å². The first-order valence-electron chi connectivity index (χ1n) is 8.31. The largest absolute Gasteiger partial charge is 0.481 e. The van der Waals surface area contributed by atoms with Gasteiger partial charge in [-0.3, -0.25) is 14.5 Å². The van der Waals surface area contributed by atoms with Crippen LogP contribution >= 0.6 is 0 Å². The molecule has 5 heteroatoms. The molecular weight excluding hydrogens is 268 g/mol. The van der Waals surface area contributed by atoms with Crippen LogP contribution in [0.2, 0.25) is 0 Å². The van der Waals surface area contributed by atoms with Gasteiger partial charge in [0.1, 0.15) is 0 Å². The summed E-state index contributed by atoms with van der Waals surface area (Å²) in [7, 11) is 0. The van der Waals surface area contributed by atoms with Crippen molar-refractivity contribution in [3.8, 4) is 0 Å². The lowest BCUT2D eigenvalue weighted by molar-refractivity contribution is -0.148. The number of amides is 1. The van der Waals surface area contributed by atoms with E-state index in [1.807, 2.05) is 11.8 Å². The van der Waals surface area contributed by atoms with E-state index in [0.29, 0.717) is 38.5 Å². The summed E-state index contributed by atoms with van der Waals surface area (Å²) in [4.78, 5) is 25.6. The molecule has 2 fully saturated rings. The maximum absolute atomic E-state index is 12.1. The normalized spacial score (nSPS) is 28.2. The lowest BCUT2D eigenvalue weighted by Gasteiger charge is -2.23. The summed E-state index contributed by atoms with van der Waals surface area (Å²) in [5.41, 5.74) is -0.650. The van der Waals surface area contributed by atoms with Gasteiger partial charge in [0.05, 0.1) is 12.0 Å². The Hall–Kier alpha value is -1.10. The Labute approximate surface area is 127 Å². The molecule has 1 unspecified atom stereocenters. The molecule has 2 aliphatic rings. The summed E-state index contributed by atoms with van der Waals surface area (Å²) in [5.74, 6) is -0.670. The number of carbonyl (C=O) groups is 2. The minimum absolute atomic E-state index is 0.0548. The fourth-order valence-electron chi connectivity index (χ4n) is 3.61. The van der Waals surface area contributed by atoms with E-state index < -0.39 is 11.4 Å². The van der Waals surface area contributed by atoms with Gasteiger partial charge in [0.2, 0.25) is 5.91 Å². The number of carboxylic acids is 1. The van der Waals surface area contributed by atoms with Crippen LogP contribution in [-0.2, 0) is 9.59 Å². The van der Waals surface area contributed by atoms with E-state index in [1.54, 1.807) is 0 Å². The molecule has 1 aliphatic carbocycles. The third-order valence-electron chi connectivity index (χ3n) is 5.15. The van der Waals surface area contributed by atoms with Crippen LogP contribution in [0.15, 0.2) is 0 Å². The Morgan fingerprint density at radius 3 is 2.43 bits per heavy atom. The third kappa shape index (κ3) is 4.19. The van der Waals surface area contributed by atoms with Gasteiger partial charge in [0.15, 0.2) is 0 Å². The predicted octanol–water partition coefficient (Wildman–Crippen LogP) is 2.01. The van der Waals surface area contributed by atoms with Crippen molar-refractivity contribution in [2.75, 3.05) is 19.6 Å². The lowest BCUT2D eigenvalue weighted by Crippen LogP contribution is -2.42. The fraction of sp³-hybridized carbons (Fsp3) is 0.875. The van der Waals surface area contributed by atoms with E-state index in [0.717, 1.165) is 12.8 Å². The summed E-state index contributed by atoms with van der Waals surface area (Å²) in [6.07, 6.45) is 8.39. The average Bonchev–Trinajstić information content (AvgIpc) is 2.69. The number of nitrogens with one attached hydrogen (secondary N) is 1. The van der Waals surface area contributed by atoms with Crippen LogP contribution in [0, 0.1) is 5.41 Å². The average molecular weight is 296 g/mol. The van der Waals surface area contributed by atoms with Crippen LogP contribution in [0.25, 0.3) is 0 Å². The molecule has 1 atom stereocenters. The quantitative estimate of drug-likeness (QED) is 0.762. The topological polar surface area (TPSA) is 69.6 Å². The van der Waals surface area contributed by atoms with Crippen molar-refractivity contribution >= 4 is 11.9 Å². The van der Waals surface area contributed by atoms with E-state index in [4.69, 9.17) is 0 Å². The molecule has 0 radical (unpaired) electrons. The highest BCUT2D eigenvalue weighted by molar-refractivity contribution is 5.79. The number of rotatable bonds is 5. The zero-order valence-corrected chi connectivity index (χ0v) is 13.1. The second kappa shape index (κ2) is 7.25. The van der Waals surface area contributed by atoms with Gasteiger partial charge in [-0.25, -0.2) is 0 Å². The number of hydrogen-bond donors (Lipinski definition) is 2. The minimum atomic E-state index is -0.725. The summed E-state index contributed by atoms with van der Waals surface area (Å²) in [5, 5.41) is 12.5. The molecule has 1 amide bonds. The van der Waals surface area contributed by atoms with E-state index >= 15 is 0 Å². The molecule has 0 spiro atoms. The van der Waals surface area contributed by atoms with Crippen molar-refractivity contribution in [3.63, 3.8) is 0 Å². The van der Waals surface area contributed by atoms with Gasteiger partial charge in [-0.05, 0) is 32.2 Å². The molecule has 1 saturated heterocycles. The second-order valence-electron chi connectivity index (χ2n) is 6.66. The summed E-state index contributed by atoms with van der Waals surface area (Å²) >= 11 is 0. The number of nitrogens with zero attached hydrogens (tertiary/aromatic N) is 1. The van der Waals surface area contributed by atoms with Gasteiger partial charge in [0, 0.05) is 12.6 Å². The molecule has 120 valence electrons. The first-order chi connectivity index (χ1) is 10.1. The van der Waals surface area contributed by atoms with Crippen molar-refractivity contribution in [3.05, 3.63) is 0 Å². The number of likely N-dealkylation sites (tertiary alicyclic amines) is 1. The SMILES string of the molecule is CCC1(C(=O)O)CCN(CC(=O)NC2CCCCCC2)C1. The molecule has 0 aromatic rings. The highest BCUT2D eigenvalue weighted by Crippen LogP contribution is 2.33. The van der Waals surface area contributed by atoms with Crippen molar-refractivity contribution in [2.24, 2.45) is 5.41 Å². The Bertz CT molecular complexity index is 378. The highest BCUT2D eigenvalue weighted by atomic mass is 16.4. The Morgan fingerprint density at radius 2 is 1.90 bits per heavy atom. The maximum Gasteiger partial charge on any atom is 0.310 e. The van der Waals surface area contributed by atoms with Gasteiger partial charge in [-0.15, -0.1) is 0 Å². The number of carbonyl (C=O) groups excluding carboxylic acids is 1. The van der Waals surface area contributed by atoms with Gasteiger partial charge in [-0.2, -0.15) is 0 Å². The molecule has 1 heterocycles. The number of aliphatic carboxylic acids is 1. The van der Waals surface area contributed by atoms with Crippen molar-refractivity contribution < 1.29 is 14.7 Å². The van der Waals surface area contributed by atoms with E-state index in [1.165, 1.54) is 25.7 Å². The Balaban J connectivity index is 1.79. The standard InChI is InChI=1S/C16H28N2O3/c1-2-16(15(20)21)9-10-18(12-16)11-14(19)17-13-7-5-3-4-6-8-13/h13H,2-12H2,1H3,(H,17,19)(H,20,21). The van der Waals surface area contributed by atoms with Crippen LogP contribution < -0.4 is 5.32 Å². The zero-order valence-electron chi connectivity index (χ0n) is 13.1. The molecule has 1 saturated carbocycles. The Kier molecular flexibility index (Phi) is 5.62. The van der Waals surface area contributed by atoms with Gasteiger partial charge >= 0.3 is 5.97 Å². The van der Waals surface area contributed by atoms with Gasteiger partial charge in [0.25, 0.3) is 0 Å². The molecule has 21 heavy (non-hydrogen) atoms. The molecule has 1 aliphatic heterocycles. The first-order valence-corrected chi connectivity index (χ1v) is 8.31. The smallest absolute Gasteiger partial charge is 0.310 e. The second-order valence-corrected chi connectivity index (χ2v) is 6.66. The van der Waals surface area contributed by atoms with Crippen molar-refractivity contribution in [1.29, 1.82) is 0 Å². The van der Waals surface area contributed by atoms with Gasteiger partial charge in [-0.1, -0.05) is 32.6 Å². The van der Waals surface area contributed by atoms with Crippen molar-refractivity contribution in [1.82, 2.24) is 10.2 Å². The van der Waals surface area contributed by atoms with E-state index in [2.05, 4.69) is 5.32 Å². The van der Waals surface area contributed by atoms with E-state index in [9.17, 15) is 14.7 Å². The summed E-state index contributed by atoms with van der Waals surface area (Å²) in [6.45, 7) is 3.46. The zero-order chi connectivity index (χ0) is 15.3. The van der Waals surface area contributed by atoms with Crippen LogP contribution in [0.1, 0.15) is 58.3 Å².